The third kappa shape index (κ3) is 4.55. The van der Waals surface area contributed by atoms with Crippen LogP contribution in [0.3, 0.4) is 0 Å². The highest BCUT2D eigenvalue weighted by atomic mass is 16.7. The number of ether oxygens (including phenoxy) is 2. The molecule has 1 saturated heterocycles. The first-order valence-electron chi connectivity index (χ1n) is 10.8. The first-order valence-corrected chi connectivity index (χ1v) is 10.8. The highest BCUT2D eigenvalue weighted by Gasteiger charge is 2.44. The average molecular weight is 372 g/mol. The Morgan fingerprint density at radius 1 is 1.04 bits per heavy atom. The van der Waals surface area contributed by atoms with Crippen LogP contribution in [0.1, 0.15) is 69.3 Å². The third-order valence-electron chi connectivity index (χ3n) is 6.73. The normalized spacial score (nSPS) is 27.9. The number of carbonyl (C=O) groups excluding carboxylic acids is 1. The van der Waals surface area contributed by atoms with Gasteiger partial charge in [0.15, 0.2) is 6.29 Å². The quantitative estimate of drug-likeness (QED) is 0.571. The molecule has 1 aromatic rings. The number of carbonyl (C=O) groups is 1. The van der Waals surface area contributed by atoms with Crippen LogP contribution >= 0.6 is 0 Å². The van der Waals surface area contributed by atoms with Gasteiger partial charge >= 0.3 is 0 Å². The molecule has 1 aromatic carbocycles. The Kier molecular flexibility index (Phi) is 6.14. The Labute approximate surface area is 163 Å². The summed E-state index contributed by atoms with van der Waals surface area (Å²) in [6, 6.07) is 10.4. The SMILES string of the molecule is O=C(NCCCC1(C2OCCO2)CCCCCC1)[C@H]1C[C@H]1c1ccccc1. The van der Waals surface area contributed by atoms with Crippen LogP contribution in [-0.4, -0.2) is 32.0 Å². The molecule has 1 heterocycles. The van der Waals surface area contributed by atoms with Gasteiger partial charge in [-0.2, -0.15) is 0 Å². The molecule has 4 nitrogen and oxygen atoms in total. The fraction of sp³-hybridized carbons (Fsp3) is 0.696. The average Bonchev–Trinajstić information content (AvgIpc) is 3.39. The first kappa shape index (κ1) is 18.9. The standard InChI is InChI=1S/C23H33NO3/c25-21(20-17-19(20)18-9-4-3-5-10-18)24-14-8-13-23(22-26-15-16-27-22)11-6-1-2-7-12-23/h3-5,9-10,19-20,22H,1-2,6-8,11-17H2,(H,24,25)/t19-,20-/m0/s1. The van der Waals surface area contributed by atoms with Crippen molar-refractivity contribution in [2.75, 3.05) is 19.8 Å². The van der Waals surface area contributed by atoms with Crippen LogP contribution in [0, 0.1) is 11.3 Å². The van der Waals surface area contributed by atoms with Gasteiger partial charge in [-0.25, -0.2) is 0 Å². The van der Waals surface area contributed by atoms with E-state index in [-0.39, 0.29) is 23.5 Å². The second-order valence-corrected chi connectivity index (χ2v) is 8.60. The Morgan fingerprint density at radius 3 is 2.44 bits per heavy atom. The molecule has 1 amide bonds. The van der Waals surface area contributed by atoms with Crippen molar-refractivity contribution >= 4 is 5.91 Å². The summed E-state index contributed by atoms with van der Waals surface area (Å²) in [5, 5.41) is 3.19. The summed E-state index contributed by atoms with van der Waals surface area (Å²) in [5.74, 6) is 0.813. The second kappa shape index (κ2) is 8.74. The van der Waals surface area contributed by atoms with E-state index in [4.69, 9.17) is 9.47 Å². The summed E-state index contributed by atoms with van der Waals surface area (Å²) in [6.45, 7) is 2.22. The molecular formula is C23H33NO3. The Bertz CT molecular complexity index is 603. The van der Waals surface area contributed by atoms with Crippen molar-refractivity contribution in [3.63, 3.8) is 0 Å². The maximum atomic E-state index is 12.5. The number of hydrogen-bond donors (Lipinski definition) is 1. The maximum absolute atomic E-state index is 12.5. The van der Waals surface area contributed by atoms with Gasteiger partial charge in [-0.1, -0.05) is 56.0 Å². The van der Waals surface area contributed by atoms with E-state index in [0.29, 0.717) is 5.92 Å². The van der Waals surface area contributed by atoms with Crippen molar-refractivity contribution < 1.29 is 14.3 Å². The Morgan fingerprint density at radius 2 is 1.74 bits per heavy atom. The molecule has 2 atom stereocenters. The van der Waals surface area contributed by atoms with Crippen LogP contribution in [0.5, 0.6) is 0 Å². The summed E-state index contributed by atoms with van der Waals surface area (Å²) in [6.07, 6.45) is 10.7. The second-order valence-electron chi connectivity index (χ2n) is 8.60. The molecule has 1 N–H and O–H groups in total. The molecule has 3 fully saturated rings. The molecule has 4 rings (SSSR count). The highest BCUT2D eigenvalue weighted by Crippen LogP contribution is 2.47. The molecule has 0 bridgehead atoms. The van der Waals surface area contributed by atoms with Crippen molar-refractivity contribution in [2.24, 2.45) is 11.3 Å². The van der Waals surface area contributed by atoms with Gasteiger partial charge in [-0.05, 0) is 43.6 Å². The number of amides is 1. The summed E-state index contributed by atoms with van der Waals surface area (Å²) in [7, 11) is 0. The zero-order valence-corrected chi connectivity index (χ0v) is 16.3. The number of benzene rings is 1. The highest BCUT2D eigenvalue weighted by molar-refractivity contribution is 5.82. The predicted octanol–water partition coefficient (Wildman–Crippen LogP) is 4.40. The summed E-state index contributed by atoms with van der Waals surface area (Å²) < 4.78 is 11.9. The minimum absolute atomic E-state index is 0.0304. The number of hydrogen-bond acceptors (Lipinski definition) is 3. The minimum atomic E-state index is -0.0304. The summed E-state index contributed by atoms with van der Waals surface area (Å²) >= 11 is 0. The van der Waals surface area contributed by atoms with Gasteiger partial charge < -0.3 is 14.8 Å². The van der Waals surface area contributed by atoms with Crippen LogP contribution in [0.2, 0.25) is 0 Å². The van der Waals surface area contributed by atoms with Crippen molar-refractivity contribution in [1.82, 2.24) is 5.32 Å². The Balaban J connectivity index is 1.24. The summed E-state index contributed by atoms with van der Waals surface area (Å²) in [5.41, 5.74) is 1.45. The topological polar surface area (TPSA) is 47.6 Å². The fourth-order valence-electron chi connectivity index (χ4n) is 5.08. The van der Waals surface area contributed by atoms with Gasteiger partial charge in [0.1, 0.15) is 0 Å². The molecule has 0 unspecified atom stereocenters. The van der Waals surface area contributed by atoms with Gasteiger partial charge in [0.25, 0.3) is 0 Å². The number of rotatable bonds is 7. The van der Waals surface area contributed by atoms with Gasteiger partial charge in [-0.3, -0.25) is 4.79 Å². The molecule has 4 heteroatoms. The van der Waals surface area contributed by atoms with Crippen molar-refractivity contribution in [3.05, 3.63) is 35.9 Å². The molecule has 0 radical (unpaired) electrons. The zero-order chi connectivity index (χ0) is 18.5. The Hall–Kier alpha value is -1.39. The van der Waals surface area contributed by atoms with Crippen LogP contribution in [-0.2, 0) is 14.3 Å². The van der Waals surface area contributed by atoms with E-state index >= 15 is 0 Å². The van der Waals surface area contributed by atoms with E-state index in [2.05, 4.69) is 29.6 Å². The van der Waals surface area contributed by atoms with Crippen molar-refractivity contribution in [2.45, 2.75) is 70.0 Å². The molecule has 0 spiro atoms. The molecule has 27 heavy (non-hydrogen) atoms. The lowest BCUT2D eigenvalue weighted by atomic mass is 9.75. The van der Waals surface area contributed by atoms with E-state index < -0.39 is 0 Å². The lowest BCUT2D eigenvalue weighted by Crippen LogP contribution is -2.37. The van der Waals surface area contributed by atoms with E-state index in [1.165, 1.54) is 44.1 Å². The number of nitrogens with one attached hydrogen (secondary N) is 1. The molecule has 2 saturated carbocycles. The van der Waals surface area contributed by atoms with E-state index in [1.54, 1.807) is 0 Å². The molecule has 2 aliphatic carbocycles. The van der Waals surface area contributed by atoms with Crippen LogP contribution < -0.4 is 5.32 Å². The van der Waals surface area contributed by atoms with Gasteiger partial charge in [0.2, 0.25) is 5.91 Å². The monoisotopic (exact) mass is 371 g/mol. The molecule has 3 aliphatic rings. The van der Waals surface area contributed by atoms with Crippen LogP contribution in [0.25, 0.3) is 0 Å². The van der Waals surface area contributed by atoms with Crippen molar-refractivity contribution in [3.8, 4) is 0 Å². The lowest BCUT2D eigenvalue weighted by molar-refractivity contribution is -0.143. The molecular weight excluding hydrogens is 338 g/mol. The van der Waals surface area contributed by atoms with Gasteiger partial charge in [-0.15, -0.1) is 0 Å². The molecule has 1 aliphatic heterocycles. The predicted molar refractivity (Wildman–Crippen MR) is 105 cm³/mol. The van der Waals surface area contributed by atoms with Gasteiger partial charge in [0, 0.05) is 17.9 Å². The first-order chi connectivity index (χ1) is 13.3. The summed E-state index contributed by atoms with van der Waals surface area (Å²) in [4.78, 5) is 12.5. The molecule has 148 valence electrons. The fourth-order valence-corrected chi connectivity index (χ4v) is 5.08. The minimum Gasteiger partial charge on any atom is -0.356 e. The van der Waals surface area contributed by atoms with Crippen LogP contribution in [0.15, 0.2) is 30.3 Å². The lowest BCUT2D eigenvalue weighted by Gasteiger charge is -2.37. The van der Waals surface area contributed by atoms with E-state index in [1.807, 2.05) is 6.07 Å². The van der Waals surface area contributed by atoms with E-state index in [0.717, 1.165) is 39.0 Å². The molecule has 0 aromatic heterocycles. The maximum Gasteiger partial charge on any atom is 0.223 e. The third-order valence-corrected chi connectivity index (χ3v) is 6.73. The van der Waals surface area contributed by atoms with Crippen molar-refractivity contribution in [1.29, 1.82) is 0 Å². The van der Waals surface area contributed by atoms with Gasteiger partial charge in [0.05, 0.1) is 13.2 Å². The zero-order valence-electron chi connectivity index (χ0n) is 16.3. The van der Waals surface area contributed by atoms with E-state index in [9.17, 15) is 4.79 Å². The largest absolute Gasteiger partial charge is 0.356 e. The smallest absolute Gasteiger partial charge is 0.223 e. The van der Waals surface area contributed by atoms with Crippen LogP contribution in [0.4, 0.5) is 0 Å².